The van der Waals surface area contributed by atoms with Crippen LogP contribution in [-0.4, -0.2) is 45.4 Å². The predicted molar refractivity (Wildman–Crippen MR) is 121 cm³/mol. The van der Waals surface area contributed by atoms with Crippen molar-refractivity contribution < 1.29 is 4.79 Å². The van der Waals surface area contributed by atoms with E-state index in [4.69, 9.17) is 0 Å². The maximum absolute atomic E-state index is 13.4. The van der Waals surface area contributed by atoms with Crippen molar-refractivity contribution in [2.24, 2.45) is 7.05 Å². The van der Waals surface area contributed by atoms with Crippen molar-refractivity contribution in [1.29, 1.82) is 0 Å². The van der Waals surface area contributed by atoms with Crippen molar-refractivity contribution in [2.75, 3.05) is 13.1 Å². The maximum Gasteiger partial charge on any atom is 0.227 e. The van der Waals surface area contributed by atoms with E-state index in [1.807, 2.05) is 0 Å². The normalized spacial score (nSPS) is 22.2. The molecule has 3 aromatic rings. The Morgan fingerprint density at radius 1 is 0.933 bits per heavy atom. The van der Waals surface area contributed by atoms with Crippen LogP contribution in [0.15, 0.2) is 60.8 Å². The van der Waals surface area contributed by atoms with Crippen molar-refractivity contribution in [2.45, 2.75) is 50.7 Å². The molecule has 0 bridgehead atoms. The Labute approximate surface area is 179 Å². The Morgan fingerprint density at radius 3 is 2.53 bits per heavy atom. The molecule has 4 nitrogen and oxygen atoms in total. The number of aryl methyl sites for hydroxylation is 1. The van der Waals surface area contributed by atoms with Crippen LogP contribution in [0.3, 0.4) is 0 Å². The van der Waals surface area contributed by atoms with Gasteiger partial charge in [-0.25, -0.2) is 0 Å². The average molecular weight is 402 g/mol. The first kappa shape index (κ1) is 19.4. The summed E-state index contributed by atoms with van der Waals surface area (Å²) in [5, 5.41) is 1.20. The fourth-order valence-electron chi connectivity index (χ4n) is 5.63. The summed E-state index contributed by atoms with van der Waals surface area (Å²) in [4.78, 5) is 18.2. The largest absolute Gasteiger partial charge is 0.350 e. The molecule has 1 aromatic heterocycles. The lowest BCUT2D eigenvalue weighted by Crippen LogP contribution is -2.48. The van der Waals surface area contributed by atoms with Crippen LogP contribution in [0, 0.1) is 0 Å². The van der Waals surface area contributed by atoms with Crippen LogP contribution in [0.25, 0.3) is 10.9 Å². The number of fused-ring (bicyclic) bond motifs is 1. The van der Waals surface area contributed by atoms with Gasteiger partial charge < -0.3 is 9.47 Å². The Bertz CT molecular complexity index is 1030. The molecular formula is C26H31N3O. The number of carbonyl (C=O) groups excluding carboxylic acids is 1. The highest BCUT2D eigenvalue weighted by Crippen LogP contribution is 2.32. The third-order valence-electron chi connectivity index (χ3n) is 7.03. The molecule has 0 radical (unpaired) electrons. The molecular weight excluding hydrogens is 370 g/mol. The number of para-hydroxylation sites is 1. The molecule has 0 N–H and O–H groups in total. The summed E-state index contributed by atoms with van der Waals surface area (Å²) >= 11 is 0. The Morgan fingerprint density at radius 2 is 1.67 bits per heavy atom. The molecule has 4 heteroatoms. The van der Waals surface area contributed by atoms with E-state index in [-0.39, 0.29) is 0 Å². The number of nitrogens with zero attached hydrogens (tertiary/aromatic N) is 3. The lowest BCUT2D eigenvalue weighted by molar-refractivity contribution is -0.132. The number of carbonyl (C=O) groups is 1. The summed E-state index contributed by atoms with van der Waals surface area (Å²) in [5.41, 5.74) is 3.72. The van der Waals surface area contributed by atoms with Crippen LogP contribution in [0.4, 0.5) is 0 Å². The summed E-state index contributed by atoms with van der Waals surface area (Å²) in [6.07, 6.45) is 7.34. The van der Waals surface area contributed by atoms with Crippen molar-refractivity contribution in [3.8, 4) is 0 Å². The van der Waals surface area contributed by atoms with Crippen LogP contribution < -0.4 is 0 Å². The Hall–Kier alpha value is -2.59. The third kappa shape index (κ3) is 3.65. The van der Waals surface area contributed by atoms with Gasteiger partial charge in [0.2, 0.25) is 5.91 Å². The number of benzene rings is 2. The number of amides is 1. The fourth-order valence-corrected chi connectivity index (χ4v) is 5.63. The van der Waals surface area contributed by atoms with E-state index in [0.717, 1.165) is 38.0 Å². The lowest BCUT2D eigenvalue weighted by Gasteiger charge is -2.35. The van der Waals surface area contributed by atoms with Gasteiger partial charge in [-0.3, -0.25) is 9.69 Å². The zero-order chi connectivity index (χ0) is 20.5. The van der Waals surface area contributed by atoms with E-state index >= 15 is 0 Å². The summed E-state index contributed by atoms with van der Waals surface area (Å²) < 4.78 is 2.14. The van der Waals surface area contributed by atoms with E-state index in [1.165, 1.54) is 29.3 Å². The van der Waals surface area contributed by atoms with Crippen LogP contribution >= 0.6 is 0 Å². The standard InChI is InChI=1S/C26H31N3O/c1-27-19-21(22-11-5-6-12-23(22)27)17-26(30)29-16-8-14-25(29)24-13-7-15-28(24)18-20-9-3-2-4-10-20/h2-6,9-12,19,24-25H,7-8,13-18H2,1H3/t24-,25+/m0/s1. The SMILES string of the molecule is Cn1cc(CC(=O)N2CCC[C@@H]2[C@@H]2CCCN2Cc2ccccc2)c2ccccc21. The molecule has 2 aromatic carbocycles. The highest BCUT2D eigenvalue weighted by atomic mass is 16.2. The van der Waals surface area contributed by atoms with Crippen LogP contribution in [0.5, 0.6) is 0 Å². The van der Waals surface area contributed by atoms with E-state index in [2.05, 4.69) is 82.2 Å². The van der Waals surface area contributed by atoms with Gasteiger partial charge in [0.25, 0.3) is 0 Å². The quantitative estimate of drug-likeness (QED) is 0.635. The van der Waals surface area contributed by atoms with E-state index < -0.39 is 0 Å². The lowest BCUT2D eigenvalue weighted by atomic mass is 10.0. The first-order valence-electron chi connectivity index (χ1n) is 11.3. The van der Waals surface area contributed by atoms with Gasteiger partial charge in [0, 0.05) is 49.3 Å². The Kier molecular flexibility index (Phi) is 5.34. The molecule has 30 heavy (non-hydrogen) atoms. The van der Waals surface area contributed by atoms with Gasteiger partial charge in [-0.15, -0.1) is 0 Å². The van der Waals surface area contributed by atoms with Crippen molar-refractivity contribution in [1.82, 2.24) is 14.4 Å². The monoisotopic (exact) mass is 401 g/mol. The highest BCUT2D eigenvalue weighted by Gasteiger charge is 2.39. The molecule has 2 aliphatic heterocycles. The molecule has 156 valence electrons. The van der Waals surface area contributed by atoms with E-state index in [0.29, 0.717) is 24.4 Å². The molecule has 0 unspecified atom stereocenters. The molecule has 0 spiro atoms. The number of hydrogen-bond acceptors (Lipinski definition) is 2. The van der Waals surface area contributed by atoms with Gasteiger partial charge in [-0.2, -0.15) is 0 Å². The molecule has 2 fully saturated rings. The second-order valence-corrected chi connectivity index (χ2v) is 8.92. The minimum absolute atomic E-state index is 0.292. The summed E-state index contributed by atoms with van der Waals surface area (Å²) in [7, 11) is 2.06. The highest BCUT2D eigenvalue weighted by molar-refractivity contribution is 5.89. The molecule has 0 aliphatic carbocycles. The Balaban J connectivity index is 1.32. The fraction of sp³-hybridized carbons (Fsp3) is 0.423. The molecule has 5 rings (SSSR count). The zero-order valence-corrected chi connectivity index (χ0v) is 17.8. The number of likely N-dealkylation sites (tertiary alicyclic amines) is 2. The molecule has 2 saturated heterocycles. The molecule has 2 aliphatic rings. The van der Waals surface area contributed by atoms with Gasteiger partial charge in [-0.1, -0.05) is 48.5 Å². The van der Waals surface area contributed by atoms with Gasteiger partial charge in [0.05, 0.1) is 6.42 Å². The van der Waals surface area contributed by atoms with Crippen LogP contribution in [0.2, 0.25) is 0 Å². The number of aromatic nitrogens is 1. The van der Waals surface area contributed by atoms with E-state index in [9.17, 15) is 4.79 Å². The first-order valence-corrected chi connectivity index (χ1v) is 11.3. The molecule has 0 saturated carbocycles. The van der Waals surface area contributed by atoms with Gasteiger partial charge >= 0.3 is 0 Å². The van der Waals surface area contributed by atoms with Crippen molar-refractivity contribution in [3.63, 3.8) is 0 Å². The van der Waals surface area contributed by atoms with E-state index in [1.54, 1.807) is 0 Å². The second kappa shape index (κ2) is 8.27. The topological polar surface area (TPSA) is 28.5 Å². The number of hydrogen-bond donors (Lipinski definition) is 0. The minimum Gasteiger partial charge on any atom is -0.350 e. The smallest absolute Gasteiger partial charge is 0.227 e. The van der Waals surface area contributed by atoms with Crippen LogP contribution in [0.1, 0.15) is 36.8 Å². The van der Waals surface area contributed by atoms with Gasteiger partial charge in [0.15, 0.2) is 0 Å². The first-order chi connectivity index (χ1) is 14.7. The molecule has 2 atom stereocenters. The third-order valence-corrected chi connectivity index (χ3v) is 7.03. The van der Waals surface area contributed by atoms with Crippen molar-refractivity contribution >= 4 is 16.8 Å². The zero-order valence-electron chi connectivity index (χ0n) is 17.8. The summed E-state index contributed by atoms with van der Waals surface area (Å²) in [6, 6.07) is 20.0. The second-order valence-electron chi connectivity index (χ2n) is 8.92. The predicted octanol–water partition coefficient (Wildman–Crippen LogP) is 4.38. The van der Waals surface area contributed by atoms with Gasteiger partial charge in [0.1, 0.15) is 0 Å². The summed E-state index contributed by atoms with van der Waals surface area (Å²) in [6.45, 7) is 3.04. The minimum atomic E-state index is 0.292. The van der Waals surface area contributed by atoms with Crippen LogP contribution in [-0.2, 0) is 24.8 Å². The molecule has 3 heterocycles. The number of rotatable bonds is 5. The van der Waals surface area contributed by atoms with Crippen molar-refractivity contribution in [3.05, 3.63) is 71.9 Å². The summed E-state index contributed by atoms with van der Waals surface area (Å²) in [5.74, 6) is 0.292. The average Bonchev–Trinajstić information content (AvgIpc) is 3.49. The maximum atomic E-state index is 13.4. The van der Waals surface area contributed by atoms with Gasteiger partial charge in [-0.05, 0) is 49.4 Å². The molecule has 1 amide bonds.